The fourth-order valence-electron chi connectivity index (χ4n) is 2.58. The summed E-state index contributed by atoms with van der Waals surface area (Å²) in [6.07, 6.45) is 0.513. The molecule has 0 radical (unpaired) electrons. The molecule has 1 aromatic heterocycles. The van der Waals surface area contributed by atoms with Crippen molar-refractivity contribution in [2.24, 2.45) is 0 Å². The number of halogens is 2. The highest BCUT2D eigenvalue weighted by Gasteiger charge is 2.11. The molecule has 0 bridgehead atoms. The Balaban J connectivity index is 1.45. The van der Waals surface area contributed by atoms with E-state index >= 15 is 0 Å². The van der Waals surface area contributed by atoms with Crippen LogP contribution >= 0.6 is 15.9 Å². The Morgan fingerprint density at radius 1 is 0.964 bits per heavy atom. The third kappa shape index (κ3) is 5.29. The van der Waals surface area contributed by atoms with Crippen LogP contribution in [0.2, 0.25) is 0 Å². The maximum absolute atomic E-state index is 13.8. The van der Waals surface area contributed by atoms with Crippen LogP contribution in [-0.4, -0.2) is 18.4 Å². The summed E-state index contributed by atoms with van der Waals surface area (Å²) >= 11 is 3.34. The topological polar surface area (TPSA) is 71.3 Å². The molecule has 0 aliphatic carbocycles. The Morgan fingerprint density at radius 3 is 2.50 bits per heavy atom. The molecular formula is C21H18BrFN2O3. The number of hydrogen-bond donors (Lipinski definition) is 2. The van der Waals surface area contributed by atoms with Gasteiger partial charge in [0, 0.05) is 17.3 Å². The zero-order valence-corrected chi connectivity index (χ0v) is 16.5. The quantitative estimate of drug-likeness (QED) is 0.561. The van der Waals surface area contributed by atoms with Crippen LogP contribution in [-0.2, 0) is 16.0 Å². The van der Waals surface area contributed by atoms with Gasteiger partial charge in [0.15, 0.2) is 0 Å². The van der Waals surface area contributed by atoms with Crippen molar-refractivity contribution in [3.8, 4) is 11.3 Å². The Morgan fingerprint density at radius 2 is 1.71 bits per heavy atom. The van der Waals surface area contributed by atoms with Gasteiger partial charge >= 0.3 is 0 Å². The summed E-state index contributed by atoms with van der Waals surface area (Å²) in [6.45, 7) is -0.126. The predicted octanol–water partition coefficient (Wildman–Crippen LogP) is 4.54. The molecule has 28 heavy (non-hydrogen) atoms. The molecular weight excluding hydrogens is 427 g/mol. The predicted molar refractivity (Wildman–Crippen MR) is 108 cm³/mol. The Labute approximate surface area is 170 Å². The fraction of sp³-hybridized carbons (Fsp3) is 0.143. The molecule has 0 saturated carbocycles. The van der Waals surface area contributed by atoms with E-state index in [0.29, 0.717) is 29.2 Å². The molecule has 144 valence electrons. The summed E-state index contributed by atoms with van der Waals surface area (Å²) in [6, 6.07) is 16.9. The Hall–Kier alpha value is -2.93. The number of amides is 2. The standard InChI is InChI=1S/C21H18BrFN2O3/c22-16-6-2-4-8-18(16)25-21(27)13-24-20(26)12-10-14-9-11-19(28-14)15-5-1-3-7-17(15)23/h1-9,11H,10,12-13H2,(H,24,26)(H,25,27). The number of anilines is 1. The van der Waals surface area contributed by atoms with Crippen LogP contribution in [0.5, 0.6) is 0 Å². The molecule has 2 aromatic carbocycles. The van der Waals surface area contributed by atoms with Crippen LogP contribution in [0.25, 0.3) is 11.3 Å². The lowest BCUT2D eigenvalue weighted by molar-refractivity contribution is -0.124. The van der Waals surface area contributed by atoms with Crippen molar-refractivity contribution in [3.05, 3.63) is 76.7 Å². The van der Waals surface area contributed by atoms with Gasteiger partial charge in [0.05, 0.1) is 17.8 Å². The van der Waals surface area contributed by atoms with Gasteiger partial charge in [0.25, 0.3) is 0 Å². The average molecular weight is 445 g/mol. The normalized spacial score (nSPS) is 10.5. The minimum Gasteiger partial charge on any atom is -0.461 e. The number of carbonyl (C=O) groups is 2. The van der Waals surface area contributed by atoms with Gasteiger partial charge in [-0.15, -0.1) is 0 Å². The van der Waals surface area contributed by atoms with E-state index in [9.17, 15) is 14.0 Å². The number of hydrogen-bond acceptors (Lipinski definition) is 3. The van der Waals surface area contributed by atoms with Crippen molar-refractivity contribution >= 4 is 33.4 Å². The van der Waals surface area contributed by atoms with Crippen LogP contribution in [0.3, 0.4) is 0 Å². The number of rotatable bonds is 7. The molecule has 3 aromatic rings. The van der Waals surface area contributed by atoms with E-state index in [-0.39, 0.29) is 30.6 Å². The first kappa shape index (κ1) is 19.8. The summed E-state index contributed by atoms with van der Waals surface area (Å²) in [5.41, 5.74) is 1.01. The van der Waals surface area contributed by atoms with E-state index in [4.69, 9.17) is 4.42 Å². The molecule has 0 aliphatic rings. The fourth-order valence-corrected chi connectivity index (χ4v) is 2.96. The monoisotopic (exact) mass is 444 g/mol. The zero-order valence-electron chi connectivity index (χ0n) is 14.9. The maximum atomic E-state index is 13.8. The van der Waals surface area contributed by atoms with E-state index in [1.165, 1.54) is 6.07 Å². The van der Waals surface area contributed by atoms with Crippen molar-refractivity contribution < 1.29 is 18.4 Å². The number of benzene rings is 2. The molecule has 0 atom stereocenters. The van der Waals surface area contributed by atoms with E-state index in [1.807, 2.05) is 12.1 Å². The molecule has 0 spiro atoms. The van der Waals surface area contributed by atoms with Gasteiger partial charge in [-0.2, -0.15) is 0 Å². The number of aryl methyl sites for hydroxylation is 1. The van der Waals surface area contributed by atoms with Crippen molar-refractivity contribution in [1.82, 2.24) is 5.32 Å². The first-order valence-electron chi connectivity index (χ1n) is 8.67. The third-order valence-corrected chi connectivity index (χ3v) is 4.68. The van der Waals surface area contributed by atoms with E-state index in [0.717, 1.165) is 4.47 Å². The highest BCUT2D eigenvalue weighted by molar-refractivity contribution is 9.10. The lowest BCUT2D eigenvalue weighted by atomic mass is 10.1. The zero-order chi connectivity index (χ0) is 19.9. The summed E-state index contributed by atoms with van der Waals surface area (Å²) < 4.78 is 20.2. The highest BCUT2D eigenvalue weighted by atomic mass is 79.9. The van der Waals surface area contributed by atoms with Gasteiger partial charge in [-0.05, 0) is 52.3 Å². The lowest BCUT2D eigenvalue weighted by Gasteiger charge is -2.08. The van der Waals surface area contributed by atoms with Gasteiger partial charge in [-0.3, -0.25) is 9.59 Å². The van der Waals surface area contributed by atoms with Crippen LogP contribution in [0, 0.1) is 5.82 Å². The minimum atomic E-state index is -0.364. The molecule has 1 heterocycles. The van der Waals surface area contributed by atoms with Crippen LogP contribution in [0.4, 0.5) is 10.1 Å². The maximum Gasteiger partial charge on any atom is 0.243 e. The van der Waals surface area contributed by atoms with Crippen LogP contribution in [0.15, 0.2) is 69.6 Å². The molecule has 2 amide bonds. The summed E-state index contributed by atoms with van der Waals surface area (Å²) in [5.74, 6) is 0.0378. The summed E-state index contributed by atoms with van der Waals surface area (Å²) in [5, 5.41) is 5.28. The Bertz CT molecular complexity index is 987. The first-order valence-corrected chi connectivity index (χ1v) is 9.47. The van der Waals surface area contributed by atoms with Crippen molar-refractivity contribution in [2.75, 3.05) is 11.9 Å². The highest BCUT2D eigenvalue weighted by Crippen LogP contribution is 2.25. The number of nitrogens with one attached hydrogen (secondary N) is 2. The smallest absolute Gasteiger partial charge is 0.243 e. The second-order valence-electron chi connectivity index (χ2n) is 6.05. The first-order chi connectivity index (χ1) is 13.5. The minimum absolute atomic E-state index is 0.126. The third-order valence-electron chi connectivity index (χ3n) is 3.99. The number of para-hydroxylation sites is 1. The summed E-state index contributed by atoms with van der Waals surface area (Å²) in [7, 11) is 0. The van der Waals surface area contributed by atoms with Crippen LogP contribution in [0.1, 0.15) is 12.2 Å². The second-order valence-corrected chi connectivity index (χ2v) is 6.90. The SMILES string of the molecule is O=C(CCc1ccc(-c2ccccc2F)o1)NCC(=O)Nc1ccccc1Br. The van der Waals surface area contributed by atoms with Gasteiger partial charge < -0.3 is 15.1 Å². The molecule has 0 saturated heterocycles. The second kappa shape index (κ2) is 9.32. The molecule has 0 aliphatic heterocycles. The molecule has 2 N–H and O–H groups in total. The molecule has 0 unspecified atom stereocenters. The average Bonchev–Trinajstić information content (AvgIpc) is 3.16. The van der Waals surface area contributed by atoms with E-state index in [2.05, 4.69) is 26.6 Å². The van der Waals surface area contributed by atoms with Gasteiger partial charge in [-0.1, -0.05) is 24.3 Å². The van der Waals surface area contributed by atoms with Crippen LogP contribution < -0.4 is 10.6 Å². The number of carbonyl (C=O) groups excluding carboxylic acids is 2. The van der Waals surface area contributed by atoms with Gasteiger partial charge in [0.2, 0.25) is 11.8 Å². The lowest BCUT2D eigenvalue weighted by Crippen LogP contribution is -2.33. The van der Waals surface area contributed by atoms with Gasteiger partial charge in [0.1, 0.15) is 17.3 Å². The van der Waals surface area contributed by atoms with Crippen molar-refractivity contribution in [1.29, 1.82) is 0 Å². The largest absolute Gasteiger partial charge is 0.461 e. The molecule has 5 nitrogen and oxygen atoms in total. The van der Waals surface area contributed by atoms with Crippen molar-refractivity contribution in [3.63, 3.8) is 0 Å². The van der Waals surface area contributed by atoms with Crippen molar-refractivity contribution in [2.45, 2.75) is 12.8 Å². The molecule has 7 heteroatoms. The Kier molecular flexibility index (Phi) is 6.60. The van der Waals surface area contributed by atoms with E-state index in [1.54, 1.807) is 42.5 Å². The summed E-state index contributed by atoms with van der Waals surface area (Å²) in [4.78, 5) is 23.9. The molecule has 0 fully saturated rings. The molecule has 3 rings (SSSR count). The van der Waals surface area contributed by atoms with E-state index < -0.39 is 0 Å². The number of furan rings is 1. The van der Waals surface area contributed by atoms with Gasteiger partial charge in [-0.25, -0.2) is 4.39 Å².